The summed E-state index contributed by atoms with van der Waals surface area (Å²) < 4.78 is 11.3. The molecule has 1 aliphatic rings. The molecule has 7 nitrogen and oxygen atoms in total. The molecule has 1 aliphatic heterocycles. The van der Waals surface area contributed by atoms with Crippen molar-refractivity contribution in [2.45, 2.75) is 46.3 Å². The molecular weight excluding hydrogens is 344 g/mol. The summed E-state index contributed by atoms with van der Waals surface area (Å²) >= 11 is 0. The number of rotatable bonds is 3. The van der Waals surface area contributed by atoms with E-state index in [1.165, 1.54) is 0 Å². The van der Waals surface area contributed by atoms with Gasteiger partial charge in [0.2, 0.25) is 0 Å². The molecule has 1 aromatic heterocycles. The first-order valence-corrected chi connectivity index (χ1v) is 9.42. The van der Waals surface area contributed by atoms with Crippen molar-refractivity contribution in [3.8, 4) is 5.88 Å². The summed E-state index contributed by atoms with van der Waals surface area (Å²) in [6, 6.07) is 7.76. The summed E-state index contributed by atoms with van der Waals surface area (Å²) in [5.74, 6) is 1.26. The summed E-state index contributed by atoms with van der Waals surface area (Å²) in [7, 11) is 0. The maximum atomic E-state index is 12.4. The van der Waals surface area contributed by atoms with Crippen molar-refractivity contribution >= 4 is 22.9 Å². The number of para-hydroxylation sites is 2. The second-order valence-corrected chi connectivity index (χ2v) is 7.74. The molecule has 1 fully saturated rings. The highest BCUT2D eigenvalue weighted by atomic mass is 16.6. The molecular formula is C20H28N4O3. The van der Waals surface area contributed by atoms with E-state index in [-0.39, 0.29) is 12.1 Å². The fraction of sp³-hybridized carbons (Fsp3) is 0.550. The van der Waals surface area contributed by atoms with E-state index in [1.54, 1.807) is 4.90 Å². The summed E-state index contributed by atoms with van der Waals surface area (Å²) in [4.78, 5) is 25.8. The molecule has 3 rings (SSSR count). The van der Waals surface area contributed by atoms with Crippen LogP contribution in [0.25, 0.3) is 11.0 Å². The van der Waals surface area contributed by atoms with Gasteiger partial charge in [-0.1, -0.05) is 12.1 Å². The first-order chi connectivity index (χ1) is 12.8. The SMILES string of the molecule is CCOc1nc2ccccc2nc1N1CCN(C(=O)OC(C)(C)C)[C@@H](C)C1. The van der Waals surface area contributed by atoms with Crippen LogP contribution in [0.1, 0.15) is 34.6 Å². The Kier molecular flexibility index (Phi) is 5.39. The van der Waals surface area contributed by atoms with Gasteiger partial charge in [-0.05, 0) is 46.8 Å². The first kappa shape index (κ1) is 19.2. The van der Waals surface area contributed by atoms with E-state index >= 15 is 0 Å². The number of nitrogens with zero attached hydrogens (tertiary/aromatic N) is 4. The third-order valence-corrected chi connectivity index (χ3v) is 4.36. The lowest BCUT2D eigenvalue weighted by Crippen LogP contribution is -2.55. The Morgan fingerprint density at radius 3 is 2.44 bits per heavy atom. The molecule has 0 N–H and O–H groups in total. The van der Waals surface area contributed by atoms with Gasteiger partial charge >= 0.3 is 6.09 Å². The number of benzene rings is 1. The Balaban J connectivity index is 1.82. The van der Waals surface area contributed by atoms with Gasteiger partial charge in [0.1, 0.15) is 5.60 Å². The maximum Gasteiger partial charge on any atom is 0.410 e. The molecule has 1 aromatic carbocycles. The Hall–Kier alpha value is -2.57. The number of carbonyl (C=O) groups excluding carboxylic acids is 1. The smallest absolute Gasteiger partial charge is 0.410 e. The molecule has 0 aliphatic carbocycles. The van der Waals surface area contributed by atoms with Crippen molar-refractivity contribution in [2.75, 3.05) is 31.1 Å². The molecule has 2 heterocycles. The zero-order valence-corrected chi connectivity index (χ0v) is 16.7. The number of carbonyl (C=O) groups is 1. The van der Waals surface area contributed by atoms with Gasteiger partial charge in [0.25, 0.3) is 5.88 Å². The summed E-state index contributed by atoms with van der Waals surface area (Å²) in [6.45, 7) is 12.0. The minimum atomic E-state index is -0.500. The molecule has 0 bridgehead atoms. The third-order valence-electron chi connectivity index (χ3n) is 4.36. The Morgan fingerprint density at radius 1 is 1.19 bits per heavy atom. The quantitative estimate of drug-likeness (QED) is 0.822. The van der Waals surface area contributed by atoms with Crippen LogP contribution in [0.15, 0.2) is 24.3 Å². The number of amides is 1. The van der Waals surface area contributed by atoms with Gasteiger partial charge in [-0.3, -0.25) is 0 Å². The summed E-state index contributed by atoms with van der Waals surface area (Å²) in [5.41, 5.74) is 1.14. The molecule has 1 amide bonds. The number of piperazine rings is 1. The van der Waals surface area contributed by atoms with Crippen LogP contribution in [0.5, 0.6) is 5.88 Å². The van der Waals surface area contributed by atoms with E-state index in [0.717, 1.165) is 16.9 Å². The van der Waals surface area contributed by atoms with Crippen LogP contribution >= 0.6 is 0 Å². The number of fused-ring (bicyclic) bond motifs is 1. The normalized spacial score (nSPS) is 17.9. The van der Waals surface area contributed by atoms with E-state index in [9.17, 15) is 4.79 Å². The van der Waals surface area contributed by atoms with Gasteiger partial charge < -0.3 is 19.3 Å². The lowest BCUT2D eigenvalue weighted by molar-refractivity contribution is 0.0158. The molecule has 7 heteroatoms. The molecule has 2 aromatic rings. The second-order valence-electron chi connectivity index (χ2n) is 7.74. The van der Waals surface area contributed by atoms with Crippen molar-refractivity contribution in [3.05, 3.63) is 24.3 Å². The average Bonchev–Trinajstić information content (AvgIpc) is 2.59. The Morgan fingerprint density at radius 2 is 1.85 bits per heavy atom. The lowest BCUT2D eigenvalue weighted by Gasteiger charge is -2.40. The van der Waals surface area contributed by atoms with Gasteiger partial charge in [0.15, 0.2) is 5.82 Å². The zero-order chi connectivity index (χ0) is 19.6. The fourth-order valence-electron chi connectivity index (χ4n) is 3.16. The van der Waals surface area contributed by atoms with Crippen LogP contribution < -0.4 is 9.64 Å². The monoisotopic (exact) mass is 372 g/mol. The number of anilines is 1. The van der Waals surface area contributed by atoms with Crippen molar-refractivity contribution < 1.29 is 14.3 Å². The fourth-order valence-corrected chi connectivity index (χ4v) is 3.16. The molecule has 0 radical (unpaired) electrons. The lowest BCUT2D eigenvalue weighted by atomic mass is 10.2. The molecule has 0 spiro atoms. The summed E-state index contributed by atoms with van der Waals surface area (Å²) in [6.07, 6.45) is -0.274. The van der Waals surface area contributed by atoms with Crippen LogP contribution in [0.3, 0.4) is 0 Å². The first-order valence-electron chi connectivity index (χ1n) is 9.42. The van der Waals surface area contributed by atoms with E-state index in [0.29, 0.717) is 32.1 Å². The highest BCUT2D eigenvalue weighted by molar-refractivity contribution is 5.77. The van der Waals surface area contributed by atoms with Crippen LogP contribution in [-0.4, -0.2) is 58.8 Å². The van der Waals surface area contributed by atoms with Gasteiger partial charge in [-0.15, -0.1) is 0 Å². The average molecular weight is 372 g/mol. The predicted octanol–water partition coefficient (Wildman–Crippen LogP) is 3.47. The molecule has 146 valence electrons. The van der Waals surface area contributed by atoms with Crippen LogP contribution in [0.2, 0.25) is 0 Å². The number of hydrogen-bond acceptors (Lipinski definition) is 6. The second kappa shape index (κ2) is 7.58. The summed E-state index contributed by atoms with van der Waals surface area (Å²) in [5, 5.41) is 0. The van der Waals surface area contributed by atoms with Crippen molar-refractivity contribution in [1.82, 2.24) is 14.9 Å². The van der Waals surface area contributed by atoms with E-state index in [2.05, 4.69) is 9.88 Å². The standard InChI is InChI=1S/C20H28N4O3/c1-6-26-18-17(21-15-9-7-8-10-16(15)22-18)23-11-12-24(14(2)13-23)19(25)27-20(3,4)5/h7-10,14H,6,11-13H2,1-5H3/t14-/m0/s1. The third kappa shape index (κ3) is 4.40. The Labute approximate surface area is 160 Å². The maximum absolute atomic E-state index is 12.4. The van der Waals surface area contributed by atoms with Crippen molar-refractivity contribution in [1.29, 1.82) is 0 Å². The Bertz CT molecular complexity index is 818. The zero-order valence-electron chi connectivity index (χ0n) is 16.7. The number of aromatic nitrogens is 2. The highest BCUT2D eigenvalue weighted by Crippen LogP contribution is 2.29. The van der Waals surface area contributed by atoms with Crippen molar-refractivity contribution in [3.63, 3.8) is 0 Å². The molecule has 1 atom stereocenters. The minimum Gasteiger partial charge on any atom is -0.475 e. The minimum absolute atomic E-state index is 0.00338. The van der Waals surface area contributed by atoms with Gasteiger partial charge in [-0.2, -0.15) is 0 Å². The molecule has 1 saturated heterocycles. The molecule has 0 unspecified atom stereocenters. The number of ether oxygens (including phenoxy) is 2. The van der Waals surface area contributed by atoms with Gasteiger partial charge in [0, 0.05) is 25.7 Å². The van der Waals surface area contributed by atoms with Gasteiger partial charge in [0.05, 0.1) is 17.6 Å². The predicted molar refractivity (Wildman–Crippen MR) is 105 cm³/mol. The van der Waals surface area contributed by atoms with Crippen LogP contribution in [0.4, 0.5) is 10.6 Å². The molecule has 27 heavy (non-hydrogen) atoms. The molecule has 0 saturated carbocycles. The van der Waals surface area contributed by atoms with Gasteiger partial charge in [-0.25, -0.2) is 14.8 Å². The highest BCUT2D eigenvalue weighted by Gasteiger charge is 2.32. The largest absolute Gasteiger partial charge is 0.475 e. The van der Waals surface area contributed by atoms with E-state index < -0.39 is 5.60 Å². The van der Waals surface area contributed by atoms with Crippen LogP contribution in [-0.2, 0) is 4.74 Å². The van der Waals surface area contributed by atoms with Crippen molar-refractivity contribution in [2.24, 2.45) is 0 Å². The van der Waals surface area contributed by atoms with Crippen LogP contribution in [0, 0.1) is 0 Å². The topological polar surface area (TPSA) is 67.8 Å². The van der Waals surface area contributed by atoms with E-state index in [4.69, 9.17) is 14.5 Å². The van der Waals surface area contributed by atoms with E-state index in [1.807, 2.05) is 58.9 Å². The number of hydrogen-bond donors (Lipinski definition) is 0.